The van der Waals surface area contributed by atoms with Crippen LogP contribution in [-0.4, -0.2) is 30.0 Å². The van der Waals surface area contributed by atoms with Gasteiger partial charge in [0, 0.05) is 31.3 Å². The molecule has 0 spiro atoms. The molecule has 0 bridgehead atoms. The SMILES string of the molecule is NC(=O)c1cc([N+](=O)[O-])ccc1N1CC(N)C1. The van der Waals surface area contributed by atoms with E-state index in [-0.39, 0.29) is 17.3 Å². The number of hydrogen-bond donors (Lipinski definition) is 2. The van der Waals surface area contributed by atoms with Crippen LogP contribution in [0.2, 0.25) is 0 Å². The van der Waals surface area contributed by atoms with Gasteiger partial charge in [0.15, 0.2) is 0 Å². The first kappa shape index (κ1) is 11.3. The topological polar surface area (TPSA) is 115 Å². The quantitative estimate of drug-likeness (QED) is 0.558. The Morgan fingerprint density at radius 3 is 2.59 bits per heavy atom. The molecule has 1 aromatic rings. The maximum absolute atomic E-state index is 11.3. The first-order chi connectivity index (χ1) is 7.99. The number of carbonyl (C=O) groups is 1. The van der Waals surface area contributed by atoms with Gasteiger partial charge in [-0.15, -0.1) is 0 Å². The molecule has 1 aliphatic heterocycles. The first-order valence-corrected chi connectivity index (χ1v) is 5.08. The second-order valence-corrected chi connectivity index (χ2v) is 3.99. The summed E-state index contributed by atoms with van der Waals surface area (Å²) in [4.78, 5) is 23.2. The van der Waals surface area contributed by atoms with Gasteiger partial charge in [0.1, 0.15) is 0 Å². The number of non-ortho nitro benzene ring substituents is 1. The molecule has 1 fully saturated rings. The van der Waals surface area contributed by atoms with E-state index in [9.17, 15) is 14.9 Å². The zero-order valence-electron chi connectivity index (χ0n) is 9.00. The van der Waals surface area contributed by atoms with Crippen molar-refractivity contribution < 1.29 is 9.72 Å². The van der Waals surface area contributed by atoms with E-state index in [4.69, 9.17) is 11.5 Å². The van der Waals surface area contributed by atoms with E-state index in [1.807, 2.05) is 4.90 Å². The highest BCUT2D eigenvalue weighted by Gasteiger charge is 2.27. The number of primary amides is 1. The number of nitro groups is 1. The molecule has 0 atom stereocenters. The average molecular weight is 236 g/mol. The number of nitrogens with zero attached hydrogens (tertiary/aromatic N) is 2. The summed E-state index contributed by atoms with van der Waals surface area (Å²) in [5.74, 6) is -0.677. The summed E-state index contributed by atoms with van der Waals surface area (Å²) in [5, 5.41) is 10.6. The summed E-state index contributed by atoms with van der Waals surface area (Å²) in [6.07, 6.45) is 0. The lowest BCUT2D eigenvalue weighted by molar-refractivity contribution is -0.384. The monoisotopic (exact) mass is 236 g/mol. The number of carbonyl (C=O) groups excluding carboxylic acids is 1. The number of nitro benzene ring substituents is 1. The third-order valence-corrected chi connectivity index (χ3v) is 2.71. The van der Waals surface area contributed by atoms with Crippen LogP contribution in [-0.2, 0) is 0 Å². The summed E-state index contributed by atoms with van der Waals surface area (Å²) < 4.78 is 0. The minimum Gasteiger partial charge on any atom is -0.368 e. The molecule has 0 saturated carbocycles. The molecule has 1 heterocycles. The molecule has 2 rings (SSSR count). The molecule has 0 aliphatic carbocycles. The molecule has 1 amide bonds. The first-order valence-electron chi connectivity index (χ1n) is 5.08. The molecule has 1 aliphatic rings. The number of hydrogen-bond acceptors (Lipinski definition) is 5. The van der Waals surface area contributed by atoms with Crippen molar-refractivity contribution in [3.63, 3.8) is 0 Å². The third kappa shape index (κ3) is 2.04. The second-order valence-electron chi connectivity index (χ2n) is 3.99. The van der Waals surface area contributed by atoms with E-state index in [1.54, 1.807) is 0 Å². The minimum atomic E-state index is -0.677. The van der Waals surface area contributed by atoms with Gasteiger partial charge in [-0.05, 0) is 6.07 Å². The van der Waals surface area contributed by atoms with E-state index in [2.05, 4.69) is 0 Å². The van der Waals surface area contributed by atoms with Gasteiger partial charge < -0.3 is 16.4 Å². The van der Waals surface area contributed by atoms with E-state index in [0.29, 0.717) is 18.8 Å². The lowest BCUT2D eigenvalue weighted by Gasteiger charge is -2.39. The number of amides is 1. The van der Waals surface area contributed by atoms with Gasteiger partial charge in [-0.1, -0.05) is 0 Å². The molecule has 0 aromatic heterocycles. The van der Waals surface area contributed by atoms with Crippen molar-refractivity contribution in [3.8, 4) is 0 Å². The molecule has 1 saturated heterocycles. The van der Waals surface area contributed by atoms with Crippen LogP contribution in [0, 0.1) is 10.1 Å². The van der Waals surface area contributed by atoms with Crippen LogP contribution in [0.5, 0.6) is 0 Å². The summed E-state index contributed by atoms with van der Waals surface area (Å²) >= 11 is 0. The fraction of sp³-hybridized carbons (Fsp3) is 0.300. The molecule has 4 N–H and O–H groups in total. The molecular weight excluding hydrogens is 224 g/mol. The number of rotatable bonds is 3. The summed E-state index contributed by atoms with van der Waals surface area (Å²) in [5.41, 5.74) is 11.5. The highest BCUT2D eigenvalue weighted by Crippen LogP contribution is 2.28. The fourth-order valence-electron chi connectivity index (χ4n) is 1.82. The van der Waals surface area contributed by atoms with Crippen LogP contribution in [0.15, 0.2) is 18.2 Å². The molecule has 90 valence electrons. The van der Waals surface area contributed by atoms with Gasteiger partial charge in [0.25, 0.3) is 11.6 Å². The van der Waals surface area contributed by atoms with E-state index in [1.165, 1.54) is 18.2 Å². The average Bonchev–Trinajstić information content (AvgIpc) is 2.24. The van der Waals surface area contributed by atoms with Crippen LogP contribution in [0.1, 0.15) is 10.4 Å². The Morgan fingerprint density at radius 2 is 2.12 bits per heavy atom. The number of anilines is 1. The summed E-state index contributed by atoms with van der Waals surface area (Å²) in [6.45, 7) is 1.25. The smallest absolute Gasteiger partial charge is 0.270 e. The lowest BCUT2D eigenvalue weighted by atomic mass is 10.0. The molecular formula is C10H12N4O3. The molecule has 1 aromatic carbocycles. The standard InChI is InChI=1S/C10H12N4O3/c11-6-4-13(5-6)9-2-1-7(14(16)17)3-8(9)10(12)15/h1-3,6H,4-5,11H2,(H2,12,15). The third-order valence-electron chi connectivity index (χ3n) is 2.71. The molecule has 0 radical (unpaired) electrons. The van der Waals surface area contributed by atoms with Gasteiger partial charge >= 0.3 is 0 Å². The van der Waals surface area contributed by atoms with Gasteiger partial charge in [0.05, 0.1) is 16.2 Å². The summed E-state index contributed by atoms with van der Waals surface area (Å²) in [7, 11) is 0. The minimum absolute atomic E-state index is 0.0749. The largest absolute Gasteiger partial charge is 0.368 e. The van der Waals surface area contributed by atoms with Gasteiger partial charge in [-0.2, -0.15) is 0 Å². The van der Waals surface area contributed by atoms with Crippen molar-refractivity contribution in [1.29, 1.82) is 0 Å². The predicted octanol–water partition coefficient (Wildman–Crippen LogP) is -0.159. The molecule has 7 heteroatoms. The van der Waals surface area contributed by atoms with Crippen molar-refractivity contribution in [1.82, 2.24) is 0 Å². The van der Waals surface area contributed by atoms with Gasteiger partial charge in [-0.25, -0.2) is 0 Å². The fourth-order valence-corrected chi connectivity index (χ4v) is 1.82. The number of nitrogens with two attached hydrogens (primary N) is 2. The van der Waals surface area contributed by atoms with E-state index >= 15 is 0 Å². The Kier molecular flexibility index (Phi) is 2.68. The second kappa shape index (κ2) is 4.02. The highest BCUT2D eigenvalue weighted by atomic mass is 16.6. The predicted molar refractivity (Wildman–Crippen MR) is 61.8 cm³/mol. The summed E-state index contributed by atoms with van der Waals surface area (Å²) in [6, 6.07) is 4.16. The van der Waals surface area contributed by atoms with E-state index in [0.717, 1.165) is 0 Å². The van der Waals surface area contributed by atoms with Crippen LogP contribution < -0.4 is 16.4 Å². The van der Waals surface area contributed by atoms with E-state index < -0.39 is 10.8 Å². The molecule has 7 nitrogen and oxygen atoms in total. The van der Waals surface area contributed by atoms with Crippen LogP contribution in [0.3, 0.4) is 0 Å². The van der Waals surface area contributed by atoms with Gasteiger partial charge in [-0.3, -0.25) is 14.9 Å². The molecule has 17 heavy (non-hydrogen) atoms. The number of benzene rings is 1. The Hall–Kier alpha value is -2.15. The zero-order valence-corrected chi connectivity index (χ0v) is 9.00. The Balaban J connectivity index is 2.38. The zero-order chi connectivity index (χ0) is 12.6. The highest BCUT2D eigenvalue weighted by molar-refractivity contribution is 5.99. The Labute approximate surface area is 97.1 Å². The van der Waals surface area contributed by atoms with Crippen molar-refractivity contribution in [2.45, 2.75) is 6.04 Å². The maximum Gasteiger partial charge on any atom is 0.270 e. The van der Waals surface area contributed by atoms with Crippen LogP contribution >= 0.6 is 0 Å². The Bertz CT molecular complexity index is 482. The van der Waals surface area contributed by atoms with Crippen molar-refractivity contribution in [2.75, 3.05) is 18.0 Å². The van der Waals surface area contributed by atoms with Crippen molar-refractivity contribution in [3.05, 3.63) is 33.9 Å². The Morgan fingerprint density at radius 1 is 1.47 bits per heavy atom. The van der Waals surface area contributed by atoms with Gasteiger partial charge in [0.2, 0.25) is 0 Å². The van der Waals surface area contributed by atoms with Crippen LogP contribution in [0.25, 0.3) is 0 Å². The lowest BCUT2D eigenvalue weighted by Crippen LogP contribution is -2.56. The maximum atomic E-state index is 11.3. The van der Waals surface area contributed by atoms with Crippen molar-refractivity contribution >= 4 is 17.3 Å². The van der Waals surface area contributed by atoms with Crippen LogP contribution in [0.4, 0.5) is 11.4 Å². The normalized spacial score (nSPS) is 15.5. The van der Waals surface area contributed by atoms with Crippen molar-refractivity contribution in [2.24, 2.45) is 11.5 Å². The molecule has 0 unspecified atom stereocenters.